The van der Waals surface area contributed by atoms with Gasteiger partial charge in [0, 0.05) is 41.4 Å². The number of H-pyrrole nitrogens is 1. The third kappa shape index (κ3) is 4.22. The molecule has 1 atom stereocenters. The van der Waals surface area contributed by atoms with Crippen LogP contribution in [-0.2, 0) is 6.42 Å². The Hall–Kier alpha value is -3.47. The van der Waals surface area contributed by atoms with E-state index in [1.54, 1.807) is 35.7 Å². The minimum atomic E-state index is -0.344. The molecule has 38 heavy (non-hydrogen) atoms. The molecule has 2 aliphatic rings. The van der Waals surface area contributed by atoms with Crippen LogP contribution in [0.25, 0.3) is 22.4 Å². The van der Waals surface area contributed by atoms with Crippen LogP contribution in [0.5, 0.6) is 0 Å². The van der Waals surface area contributed by atoms with Crippen LogP contribution in [0.15, 0.2) is 46.7 Å². The predicted octanol–water partition coefficient (Wildman–Crippen LogP) is 4.19. The molecular formula is C27H27ClN6O3S. The minimum absolute atomic E-state index is 0.0481. The van der Waals surface area contributed by atoms with Crippen molar-refractivity contribution in [1.29, 1.82) is 0 Å². The summed E-state index contributed by atoms with van der Waals surface area (Å²) in [5.74, 6) is -0.359. The number of hydrogen-bond acceptors (Lipinski definition) is 7. The first-order chi connectivity index (χ1) is 18.3. The van der Waals surface area contributed by atoms with E-state index in [-0.39, 0.29) is 35.3 Å². The molecule has 9 nitrogen and oxygen atoms in total. The van der Waals surface area contributed by atoms with Crippen molar-refractivity contribution in [1.82, 2.24) is 23.9 Å². The second-order valence-electron chi connectivity index (χ2n) is 10.0. The number of aromatic amines is 1. The highest BCUT2D eigenvalue weighted by atomic mass is 35.5. The number of benzene rings is 1. The summed E-state index contributed by atoms with van der Waals surface area (Å²) in [6, 6.07) is 9.04. The second kappa shape index (κ2) is 9.68. The number of amides is 2. The molecule has 5 heterocycles. The molecule has 1 unspecified atom stereocenters. The van der Waals surface area contributed by atoms with Gasteiger partial charge in [0.1, 0.15) is 5.56 Å². The van der Waals surface area contributed by atoms with Crippen molar-refractivity contribution in [2.24, 2.45) is 0 Å². The lowest BCUT2D eigenvalue weighted by molar-refractivity contribution is 0.0516. The van der Waals surface area contributed by atoms with Crippen LogP contribution in [0, 0.1) is 0 Å². The molecule has 0 radical (unpaired) electrons. The number of halogens is 1. The maximum atomic E-state index is 13.3. The van der Waals surface area contributed by atoms with Gasteiger partial charge in [-0.1, -0.05) is 6.07 Å². The number of thiophene rings is 1. The van der Waals surface area contributed by atoms with Crippen LogP contribution >= 0.6 is 23.1 Å². The summed E-state index contributed by atoms with van der Waals surface area (Å²) in [6.07, 6.45) is 3.88. The Labute approximate surface area is 228 Å². The Kier molecular flexibility index (Phi) is 6.33. The van der Waals surface area contributed by atoms with E-state index in [1.807, 2.05) is 25.4 Å². The monoisotopic (exact) mass is 550 g/mol. The van der Waals surface area contributed by atoms with E-state index in [1.165, 1.54) is 13.9 Å². The molecule has 2 N–H and O–H groups in total. The summed E-state index contributed by atoms with van der Waals surface area (Å²) < 4.78 is 1.30. The number of nitrogens with one attached hydrogen (secondary N) is 2. The van der Waals surface area contributed by atoms with Crippen molar-refractivity contribution in [2.45, 2.75) is 38.3 Å². The maximum absolute atomic E-state index is 13.3. The largest absolute Gasteiger partial charge is 0.381 e. The highest BCUT2D eigenvalue weighted by Gasteiger charge is 2.41. The zero-order valence-electron chi connectivity index (χ0n) is 21.0. The summed E-state index contributed by atoms with van der Waals surface area (Å²) in [5, 5.41) is 5.46. The molecule has 0 spiro atoms. The number of imidazole rings is 1. The zero-order chi connectivity index (χ0) is 26.6. The third-order valence-corrected chi connectivity index (χ3v) is 8.60. The topological polar surface area (TPSA) is 103 Å². The van der Waals surface area contributed by atoms with E-state index in [9.17, 15) is 14.4 Å². The van der Waals surface area contributed by atoms with Crippen molar-refractivity contribution >= 4 is 51.6 Å². The zero-order valence-corrected chi connectivity index (χ0v) is 22.6. The fourth-order valence-electron chi connectivity index (χ4n) is 5.41. The van der Waals surface area contributed by atoms with Crippen LogP contribution in [0.1, 0.15) is 45.4 Å². The smallest absolute Gasteiger partial charge is 0.261 e. The first kappa shape index (κ1) is 24.8. The highest BCUT2D eigenvalue weighted by Crippen LogP contribution is 2.35. The molecule has 1 saturated heterocycles. The molecule has 1 aromatic carbocycles. The molecular weight excluding hydrogens is 524 g/mol. The van der Waals surface area contributed by atoms with Gasteiger partial charge < -0.3 is 15.2 Å². The molecule has 1 fully saturated rings. The molecule has 0 aliphatic carbocycles. The van der Waals surface area contributed by atoms with Crippen LogP contribution < -0.4 is 10.9 Å². The van der Waals surface area contributed by atoms with E-state index in [4.69, 9.17) is 11.8 Å². The number of imide groups is 1. The van der Waals surface area contributed by atoms with Crippen molar-refractivity contribution in [3.05, 3.63) is 68.3 Å². The highest BCUT2D eigenvalue weighted by molar-refractivity contribution is 7.09. The number of nitrogens with zero attached hydrogens (tertiary/aromatic N) is 4. The Bertz CT molecular complexity index is 1600. The lowest BCUT2D eigenvalue weighted by atomic mass is 10.0. The van der Waals surface area contributed by atoms with E-state index in [2.05, 4.69) is 26.3 Å². The van der Waals surface area contributed by atoms with Gasteiger partial charge in [-0.05, 0) is 69.5 Å². The normalized spacial score (nSPS) is 17.4. The quantitative estimate of drug-likeness (QED) is 0.349. The van der Waals surface area contributed by atoms with Gasteiger partial charge in [-0.2, -0.15) is 0 Å². The van der Waals surface area contributed by atoms with E-state index < -0.39 is 0 Å². The number of carbonyl (C=O) groups excluding carboxylic acids is 2. The van der Waals surface area contributed by atoms with Gasteiger partial charge in [-0.15, -0.1) is 11.3 Å². The van der Waals surface area contributed by atoms with Gasteiger partial charge in [-0.3, -0.25) is 19.3 Å². The number of pyridine rings is 1. The minimum Gasteiger partial charge on any atom is -0.381 e. The Morgan fingerprint density at radius 1 is 1.16 bits per heavy atom. The lowest BCUT2D eigenvalue weighted by Gasteiger charge is -2.33. The average Bonchev–Trinajstić information content (AvgIpc) is 3.57. The van der Waals surface area contributed by atoms with Gasteiger partial charge in [0.05, 0.1) is 27.8 Å². The summed E-state index contributed by atoms with van der Waals surface area (Å²) in [7, 11) is 2.04. The number of aromatic nitrogens is 3. The van der Waals surface area contributed by atoms with Crippen molar-refractivity contribution in [3.63, 3.8) is 0 Å². The standard InChI is InChI=1S/C27H27ClN6O3S/c1-15(12-17-4-3-11-38-17)30-20-5-8-29-25(35)23(20)24-31-21-13-18-19(14-22(21)34(24)28)27(37)33(26(18)36)16-6-9-32(2)10-7-16/h3-5,8,11,13-16H,6-7,9-10,12H2,1-2H3,(H2,29,30,35). The number of likely N-dealkylation sites (tertiary alicyclic amines) is 1. The van der Waals surface area contributed by atoms with Crippen molar-refractivity contribution in [2.75, 3.05) is 25.5 Å². The van der Waals surface area contributed by atoms with E-state index in [0.29, 0.717) is 33.4 Å². The van der Waals surface area contributed by atoms with Gasteiger partial charge >= 0.3 is 0 Å². The third-order valence-electron chi connectivity index (χ3n) is 7.36. The van der Waals surface area contributed by atoms with E-state index in [0.717, 1.165) is 32.4 Å². The molecule has 2 aliphatic heterocycles. The summed E-state index contributed by atoms with van der Waals surface area (Å²) in [4.78, 5) is 51.8. The van der Waals surface area contributed by atoms with Crippen LogP contribution in [0.2, 0.25) is 0 Å². The summed E-state index contributed by atoms with van der Waals surface area (Å²) >= 11 is 8.42. The number of fused-ring (bicyclic) bond motifs is 2. The lowest BCUT2D eigenvalue weighted by Crippen LogP contribution is -2.46. The van der Waals surface area contributed by atoms with Crippen molar-refractivity contribution < 1.29 is 9.59 Å². The molecule has 3 aromatic heterocycles. The number of rotatable bonds is 6. The molecule has 196 valence electrons. The summed E-state index contributed by atoms with van der Waals surface area (Å²) in [6.45, 7) is 3.73. The first-order valence-corrected chi connectivity index (χ1v) is 13.8. The van der Waals surface area contributed by atoms with E-state index >= 15 is 0 Å². The Balaban J connectivity index is 1.35. The van der Waals surface area contributed by atoms with Crippen LogP contribution in [0.4, 0.5) is 5.69 Å². The number of anilines is 1. The van der Waals surface area contributed by atoms with Gasteiger partial charge in [0.25, 0.3) is 17.4 Å². The van der Waals surface area contributed by atoms with Crippen molar-refractivity contribution in [3.8, 4) is 11.4 Å². The molecule has 0 bridgehead atoms. The predicted molar refractivity (Wildman–Crippen MR) is 149 cm³/mol. The number of piperidine rings is 1. The molecule has 11 heteroatoms. The fourth-order valence-corrected chi connectivity index (χ4v) is 6.50. The van der Waals surface area contributed by atoms with Gasteiger partial charge in [-0.25, -0.2) is 9.07 Å². The maximum Gasteiger partial charge on any atom is 0.261 e. The SMILES string of the molecule is CC(Cc1cccs1)Nc1cc[nH]c(=O)c1-c1nc2cc3c(cc2n1Cl)C(=O)N(C1CCN(C)CC1)C3=O. The Morgan fingerprint density at radius 3 is 2.61 bits per heavy atom. The van der Waals surface area contributed by atoms with Crippen LogP contribution in [0.3, 0.4) is 0 Å². The second-order valence-corrected chi connectivity index (χ2v) is 11.4. The fraction of sp³-hybridized carbons (Fsp3) is 0.333. The molecule has 4 aromatic rings. The Morgan fingerprint density at radius 2 is 1.89 bits per heavy atom. The molecule has 2 amide bonds. The number of hydrogen-bond donors (Lipinski definition) is 2. The molecule has 6 rings (SSSR count). The van der Waals surface area contributed by atoms with Gasteiger partial charge in [0.15, 0.2) is 5.82 Å². The summed E-state index contributed by atoms with van der Waals surface area (Å²) in [5.41, 5.74) is 2.11. The average molecular weight is 551 g/mol. The molecule has 0 saturated carbocycles. The van der Waals surface area contributed by atoms with Crippen LogP contribution in [-0.4, -0.2) is 67.9 Å². The number of carbonyl (C=O) groups is 2. The van der Waals surface area contributed by atoms with Gasteiger partial charge in [0.2, 0.25) is 0 Å². The first-order valence-electron chi connectivity index (χ1n) is 12.6.